The molecule has 0 aromatic heterocycles. The zero-order chi connectivity index (χ0) is 12.7. The van der Waals surface area contributed by atoms with Crippen LogP contribution in [0.3, 0.4) is 0 Å². The van der Waals surface area contributed by atoms with Gasteiger partial charge in [-0.25, -0.2) is 0 Å². The van der Waals surface area contributed by atoms with E-state index >= 15 is 0 Å². The van der Waals surface area contributed by atoms with Gasteiger partial charge in [0.25, 0.3) is 5.69 Å². The Morgan fingerprint density at radius 1 is 1.47 bits per heavy atom. The molecule has 4 heteroatoms. The number of rotatable bonds is 6. The van der Waals surface area contributed by atoms with Crippen molar-refractivity contribution in [3.05, 3.63) is 52.6 Å². The first-order chi connectivity index (χ1) is 8.17. The van der Waals surface area contributed by atoms with E-state index in [1.54, 1.807) is 18.2 Å². The second-order valence-electron chi connectivity index (χ2n) is 3.59. The van der Waals surface area contributed by atoms with Gasteiger partial charge in [0, 0.05) is 25.2 Å². The fraction of sp³-hybridized carbons (Fsp3) is 0.231. The Labute approximate surface area is 101 Å². The summed E-state index contributed by atoms with van der Waals surface area (Å²) in [5.41, 5.74) is 1.09. The smallest absolute Gasteiger partial charge is 0.269 e. The lowest BCUT2D eigenvalue weighted by molar-refractivity contribution is -0.384. The molecule has 0 fully saturated rings. The number of hydrogen-bond acceptors (Lipinski definition) is 3. The highest BCUT2D eigenvalue weighted by Crippen LogP contribution is 2.13. The molecule has 0 unspecified atom stereocenters. The summed E-state index contributed by atoms with van der Waals surface area (Å²) in [6.07, 6.45) is 7.04. The second kappa shape index (κ2) is 6.46. The number of benzene rings is 1. The van der Waals surface area contributed by atoms with Gasteiger partial charge < -0.3 is 0 Å². The van der Waals surface area contributed by atoms with E-state index in [0.717, 1.165) is 5.56 Å². The summed E-state index contributed by atoms with van der Waals surface area (Å²) in [7, 11) is 0. The summed E-state index contributed by atoms with van der Waals surface area (Å²) >= 11 is 0. The maximum Gasteiger partial charge on any atom is 0.269 e. The predicted octanol–water partition coefficient (Wildman–Crippen LogP) is 2.22. The van der Waals surface area contributed by atoms with Crippen molar-refractivity contribution in [2.75, 3.05) is 13.1 Å². The van der Waals surface area contributed by atoms with E-state index in [-0.39, 0.29) is 5.69 Å². The van der Waals surface area contributed by atoms with Crippen LogP contribution in [0.1, 0.15) is 5.56 Å². The van der Waals surface area contributed by atoms with Crippen molar-refractivity contribution >= 4 is 5.69 Å². The Morgan fingerprint density at radius 3 is 2.59 bits per heavy atom. The monoisotopic (exact) mass is 230 g/mol. The van der Waals surface area contributed by atoms with Crippen molar-refractivity contribution in [3.63, 3.8) is 0 Å². The average Bonchev–Trinajstić information content (AvgIpc) is 2.30. The molecule has 0 spiro atoms. The van der Waals surface area contributed by atoms with Crippen LogP contribution in [0.15, 0.2) is 36.9 Å². The normalized spacial score (nSPS) is 9.88. The quantitative estimate of drug-likeness (QED) is 0.326. The highest BCUT2D eigenvalue weighted by molar-refractivity contribution is 5.32. The number of non-ortho nitro benzene ring substituents is 1. The van der Waals surface area contributed by atoms with E-state index in [4.69, 9.17) is 6.42 Å². The number of nitro groups is 1. The van der Waals surface area contributed by atoms with Crippen LogP contribution in [0.25, 0.3) is 0 Å². The molecule has 0 atom stereocenters. The summed E-state index contributed by atoms with van der Waals surface area (Å²) in [5, 5.41) is 10.5. The van der Waals surface area contributed by atoms with Crippen LogP contribution in [0.5, 0.6) is 0 Å². The van der Waals surface area contributed by atoms with Gasteiger partial charge in [-0.2, -0.15) is 0 Å². The maximum atomic E-state index is 10.5. The van der Waals surface area contributed by atoms with Crippen molar-refractivity contribution in [2.45, 2.75) is 6.54 Å². The lowest BCUT2D eigenvalue weighted by atomic mass is 10.2. The number of hydrogen-bond donors (Lipinski definition) is 0. The average molecular weight is 230 g/mol. The van der Waals surface area contributed by atoms with Crippen LogP contribution < -0.4 is 0 Å². The van der Waals surface area contributed by atoms with Gasteiger partial charge in [-0.3, -0.25) is 15.0 Å². The minimum atomic E-state index is -0.410. The molecular weight excluding hydrogens is 216 g/mol. The molecule has 0 bridgehead atoms. The van der Waals surface area contributed by atoms with Crippen molar-refractivity contribution in [2.24, 2.45) is 0 Å². The lowest BCUT2D eigenvalue weighted by Crippen LogP contribution is -2.23. The van der Waals surface area contributed by atoms with E-state index in [2.05, 4.69) is 12.5 Å². The highest BCUT2D eigenvalue weighted by Gasteiger charge is 2.06. The van der Waals surface area contributed by atoms with Crippen LogP contribution in [-0.2, 0) is 6.54 Å². The van der Waals surface area contributed by atoms with Crippen molar-refractivity contribution in [3.8, 4) is 12.3 Å². The zero-order valence-corrected chi connectivity index (χ0v) is 9.50. The number of terminal acetylenes is 1. The second-order valence-corrected chi connectivity index (χ2v) is 3.59. The summed E-state index contributed by atoms with van der Waals surface area (Å²) in [6.45, 7) is 5.55. The van der Waals surface area contributed by atoms with Crippen LogP contribution in [0.4, 0.5) is 5.69 Å². The van der Waals surface area contributed by atoms with Crippen LogP contribution in [0.2, 0.25) is 0 Å². The molecule has 0 aliphatic carbocycles. The van der Waals surface area contributed by atoms with E-state index in [9.17, 15) is 10.1 Å². The van der Waals surface area contributed by atoms with Crippen molar-refractivity contribution in [1.82, 2.24) is 4.90 Å². The fourth-order valence-electron chi connectivity index (χ4n) is 1.48. The van der Waals surface area contributed by atoms with Gasteiger partial charge in [0.2, 0.25) is 0 Å². The van der Waals surface area contributed by atoms with Crippen LogP contribution >= 0.6 is 0 Å². The first-order valence-corrected chi connectivity index (χ1v) is 5.17. The minimum absolute atomic E-state index is 0.0981. The largest absolute Gasteiger partial charge is 0.284 e. The maximum absolute atomic E-state index is 10.5. The first kappa shape index (κ1) is 12.9. The molecule has 1 aromatic rings. The third kappa shape index (κ3) is 4.09. The molecule has 0 aliphatic heterocycles. The molecule has 0 saturated heterocycles. The molecule has 0 heterocycles. The summed E-state index contributed by atoms with van der Waals surface area (Å²) in [6, 6.07) is 6.48. The van der Waals surface area contributed by atoms with Gasteiger partial charge >= 0.3 is 0 Å². The molecule has 0 radical (unpaired) electrons. The van der Waals surface area contributed by atoms with Gasteiger partial charge in [0.15, 0.2) is 0 Å². The fourth-order valence-corrected chi connectivity index (χ4v) is 1.48. The highest BCUT2D eigenvalue weighted by atomic mass is 16.6. The Bertz CT molecular complexity index is 432. The third-order valence-electron chi connectivity index (χ3n) is 2.26. The molecule has 4 nitrogen and oxygen atoms in total. The molecule has 0 N–H and O–H groups in total. The topological polar surface area (TPSA) is 46.4 Å². The SMILES string of the molecule is C#CCN(CC=C)Cc1ccc([N+](=O)[O-])cc1. The Hall–Kier alpha value is -2.12. The number of nitrogens with zero attached hydrogens (tertiary/aromatic N) is 2. The van der Waals surface area contributed by atoms with Gasteiger partial charge in [-0.05, 0) is 5.56 Å². The molecule has 0 aliphatic rings. The Morgan fingerprint density at radius 2 is 2.12 bits per heavy atom. The van der Waals surface area contributed by atoms with Gasteiger partial charge in [0.1, 0.15) is 0 Å². The minimum Gasteiger partial charge on any atom is -0.284 e. The summed E-state index contributed by atoms with van der Waals surface area (Å²) in [5.74, 6) is 2.57. The van der Waals surface area contributed by atoms with Crippen LogP contribution in [0, 0.1) is 22.5 Å². The molecular formula is C13H14N2O2. The van der Waals surface area contributed by atoms with E-state index < -0.39 is 4.92 Å². The van der Waals surface area contributed by atoms with E-state index in [1.165, 1.54) is 12.1 Å². The van der Waals surface area contributed by atoms with E-state index in [1.807, 2.05) is 4.90 Å². The van der Waals surface area contributed by atoms with Gasteiger partial charge in [0.05, 0.1) is 11.5 Å². The zero-order valence-electron chi connectivity index (χ0n) is 9.50. The molecule has 1 rings (SSSR count). The predicted molar refractivity (Wildman–Crippen MR) is 67.4 cm³/mol. The van der Waals surface area contributed by atoms with Crippen LogP contribution in [-0.4, -0.2) is 22.9 Å². The molecule has 88 valence electrons. The van der Waals surface area contributed by atoms with Gasteiger partial charge in [-0.1, -0.05) is 24.1 Å². The van der Waals surface area contributed by atoms with Gasteiger partial charge in [-0.15, -0.1) is 13.0 Å². The molecule has 1 aromatic carbocycles. The standard InChI is InChI=1S/C13H14N2O2/c1-3-9-14(10-4-2)11-12-5-7-13(8-6-12)15(16)17/h1,4-8H,2,9-11H2. The summed E-state index contributed by atoms with van der Waals surface area (Å²) in [4.78, 5) is 12.1. The molecule has 17 heavy (non-hydrogen) atoms. The van der Waals surface area contributed by atoms with E-state index in [0.29, 0.717) is 19.6 Å². The molecule has 0 saturated carbocycles. The molecule has 0 amide bonds. The Balaban J connectivity index is 2.69. The van der Waals surface area contributed by atoms with Crippen molar-refractivity contribution < 1.29 is 4.92 Å². The lowest BCUT2D eigenvalue weighted by Gasteiger charge is -2.17. The van der Waals surface area contributed by atoms with Crippen molar-refractivity contribution in [1.29, 1.82) is 0 Å². The number of nitro benzene ring substituents is 1. The Kier molecular flexibility index (Phi) is 4.92. The first-order valence-electron chi connectivity index (χ1n) is 5.17. The third-order valence-corrected chi connectivity index (χ3v) is 2.26. The summed E-state index contributed by atoms with van der Waals surface area (Å²) < 4.78 is 0.